The fourth-order valence-electron chi connectivity index (χ4n) is 5.51. The summed E-state index contributed by atoms with van der Waals surface area (Å²) < 4.78 is 6.01. The van der Waals surface area contributed by atoms with Crippen LogP contribution in [-0.4, -0.2) is 63.3 Å². The average Bonchev–Trinajstić information content (AvgIpc) is 3.37. The van der Waals surface area contributed by atoms with E-state index >= 15 is 0 Å². The van der Waals surface area contributed by atoms with Crippen molar-refractivity contribution >= 4 is 11.6 Å². The van der Waals surface area contributed by atoms with Crippen LogP contribution in [0.1, 0.15) is 58.4 Å². The molecule has 1 unspecified atom stereocenters. The molecule has 9 nitrogen and oxygen atoms in total. The highest BCUT2D eigenvalue weighted by Crippen LogP contribution is 2.37. The second kappa shape index (κ2) is 10.7. The number of hydrogen-bond donors (Lipinski definition) is 1. The molecular formula is C28H39N7O2. The summed E-state index contributed by atoms with van der Waals surface area (Å²) in [6, 6.07) is 12.0. The van der Waals surface area contributed by atoms with Gasteiger partial charge in [0.05, 0.1) is 37.1 Å². The van der Waals surface area contributed by atoms with Crippen molar-refractivity contribution in [2.45, 2.75) is 71.5 Å². The van der Waals surface area contributed by atoms with Crippen molar-refractivity contribution < 1.29 is 9.94 Å². The van der Waals surface area contributed by atoms with Crippen LogP contribution in [0.25, 0.3) is 0 Å². The lowest BCUT2D eigenvalue weighted by Crippen LogP contribution is -2.54. The van der Waals surface area contributed by atoms with Gasteiger partial charge in [0.2, 0.25) is 11.8 Å². The molecule has 1 N–H and O–H groups in total. The first-order valence-electron chi connectivity index (χ1n) is 13.4. The maximum Gasteiger partial charge on any atom is 0.226 e. The molecule has 1 saturated carbocycles. The van der Waals surface area contributed by atoms with E-state index in [0.29, 0.717) is 24.3 Å². The molecule has 9 heteroatoms. The number of hydroxylamine groups is 2. The molecule has 0 amide bonds. The molecule has 3 heterocycles. The van der Waals surface area contributed by atoms with Gasteiger partial charge in [-0.25, -0.2) is 15.0 Å². The summed E-state index contributed by atoms with van der Waals surface area (Å²) in [6.45, 7) is 8.83. The van der Waals surface area contributed by atoms with Gasteiger partial charge in [0.25, 0.3) is 0 Å². The van der Waals surface area contributed by atoms with E-state index in [2.05, 4.69) is 46.0 Å². The third kappa shape index (κ3) is 5.87. The van der Waals surface area contributed by atoms with Gasteiger partial charge < -0.3 is 9.64 Å². The first-order chi connectivity index (χ1) is 17.8. The smallest absolute Gasteiger partial charge is 0.226 e. The minimum atomic E-state index is 0.0722. The molecule has 2 aromatic rings. The number of fused-ring (bicyclic) bond motifs is 1. The van der Waals surface area contributed by atoms with Crippen LogP contribution < -0.4 is 4.74 Å². The van der Waals surface area contributed by atoms with Gasteiger partial charge >= 0.3 is 0 Å². The summed E-state index contributed by atoms with van der Waals surface area (Å²) in [5.41, 5.74) is 1.86. The van der Waals surface area contributed by atoms with Gasteiger partial charge in [-0.3, -0.25) is 10.2 Å². The van der Waals surface area contributed by atoms with Crippen LogP contribution in [0, 0.1) is 11.3 Å². The number of aliphatic imine (C=N–C) groups is 1. The highest BCUT2D eigenvalue weighted by Gasteiger charge is 2.38. The van der Waals surface area contributed by atoms with Gasteiger partial charge in [-0.1, -0.05) is 63.5 Å². The van der Waals surface area contributed by atoms with Crippen LogP contribution >= 0.6 is 0 Å². The molecule has 3 aliphatic rings. The number of guanidine groups is 1. The van der Waals surface area contributed by atoms with E-state index in [-0.39, 0.29) is 17.5 Å². The lowest BCUT2D eigenvalue weighted by molar-refractivity contribution is -0.0131. The largest absolute Gasteiger partial charge is 0.439 e. The van der Waals surface area contributed by atoms with Crippen LogP contribution in [0.5, 0.6) is 11.6 Å². The highest BCUT2D eigenvalue weighted by molar-refractivity contribution is 5.84. The SMILES string of the molecule is CN(O)C1=Nc2cnc(Oc3ccccc3)cc2CN1[C@@H](CN1CC(C(C)(C)C)N=N1)C1CCCCC1. The summed E-state index contributed by atoms with van der Waals surface area (Å²) in [7, 11) is 1.64. The van der Waals surface area contributed by atoms with Crippen LogP contribution in [0.2, 0.25) is 0 Å². The van der Waals surface area contributed by atoms with Gasteiger partial charge in [-0.05, 0) is 36.3 Å². The Hall–Kier alpha value is -3.20. The number of benzene rings is 1. The number of pyridine rings is 1. The van der Waals surface area contributed by atoms with E-state index in [4.69, 9.17) is 9.73 Å². The van der Waals surface area contributed by atoms with Crippen molar-refractivity contribution in [1.82, 2.24) is 20.0 Å². The van der Waals surface area contributed by atoms with Crippen molar-refractivity contribution in [3.05, 3.63) is 48.2 Å². The number of aromatic nitrogens is 1. The van der Waals surface area contributed by atoms with Crippen molar-refractivity contribution in [2.75, 3.05) is 20.1 Å². The predicted octanol–water partition coefficient (Wildman–Crippen LogP) is 6.04. The monoisotopic (exact) mass is 505 g/mol. The summed E-state index contributed by atoms with van der Waals surface area (Å²) in [5, 5.41) is 23.1. The molecule has 1 aliphatic carbocycles. The summed E-state index contributed by atoms with van der Waals surface area (Å²) in [4.78, 5) is 11.6. The molecule has 1 fully saturated rings. The average molecular weight is 506 g/mol. The molecule has 0 saturated heterocycles. The Morgan fingerprint density at radius 3 is 2.57 bits per heavy atom. The van der Waals surface area contributed by atoms with Crippen molar-refractivity contribution in [2.24, 2.45) is 26.7 Å². The van der Waals surface area contributed by atoms with E-state index in [1.807, 2.05) is 36.4 Å². The minimum Gasteiger partial charge on any atom is -0.439 e. The fraction of sp³-hybridized carbons (Fsp3) is 0.571. The Balaban J connectivity index is 1.42. The third-order valence-electron chi connectivity index (χ3n) is 7.71. The normalized spacial score (nSPS) is 21.0. The molecule has 37 heavy (non-hydrogen) atoms. The molecule has 5 rings (SSSR count). The quantitative estimate of drug-likeness (QED) is 0.481. The summed E-state index contributed by atoms with van der Waals surface area (Å²) >= 11 is 0. The van der Waals surface area contributed by atoms with Crippen molar-refractivity contribution in [3.63, 3.8) is 0 Å². The van der Waals surface area contributed by atoms with Gasteiger partial charge in [-0.15, -0.1) is 0 Å². The van der Waals surface area contributed by atoms with E-state index in [1.165, 1.54) is 32.1 Å². The van der Waals surface area contributed by atoms with Crippen molar-refractivity contribution in [3.8, 4) is 11.6 Å². The maximum atomic E-state index is 10.6. The molecule has 2 atom stereocenters. The summed E-state index contributed by atoms with van der Waals surface area (Å²) in [5.74, 6) is 2.32. The summed E-state index contributed by atoms with van der Waals surface area (Å²) in [6.07, 6.45) is 7.82. The van der Waals surface area contributed by atoms with Gasteiger partial charge in [0.15, 0.2) is 0 Å². The Morgan fingerprint density at radius 1 is 1.14 bits per heavy atom. The first kappa shape index (κ1) is 25.4. The molecule has 2 aliphatic heterocycles. The zero-order chi connectivity index (χ0) is 26.0. The fourth-order valence-corrected chi connectivity index (χ4v) is 5.51. The standard InChI is InChI=1S/C28H39N7O2/c1-28(2,3)25-19-34(32-31-25)18-24(20-11-7-5-8-12-20)35-17-21-15-26(37-22-13-9-6-10-14-22)29-16-23(21)30-27(35)33(4)36/h6,9-10,13-16,20,24-25,36H,5,7-8,11-12,17-19H2,1-4H3/t24-,25?/m0/s1. The second-order valence-electron chi connectivity index (χ2n) is 11.6. The topological polar surface area (TPSA) is 89.2 Å². The Kier molecular flexibility index (Phi) is 7.33. The van der Waals surface area contributed by atoms with Gasteiger partial charge in [0, 0.05) is 25.2 Å². The van der Waals surface area contributed by atoms with Gasteiger partial charge in [0.1, 0.15) is 5.75 Å². The maximum absolute atomic E-state index is 10.6. The zero-order valence-electron chi connectivity index (χ0n) is 22.4. The first-order valence-corrected chi connectivity index (χ1v) is 13.4. The molecule has 1 aromatic heterocycles. The molecule has 198 valence electrons. The van der Waals surface area contributed by atoms with E-state index in [0.717, 1.165) is 35.2 Å². The van der Waals surface area contributed by atoms with E-state index in [9.17, 15) is 5.21 Å². The van der Waals surface area contributed by atoms with E-state index < -0.39 is 0 Å². The Labute approximate surface area is 219 Å². The molecule has 0 spiro atoms. The lowest BCUT2D eigenvalue weighted by Gasteiger charge is -2.44. The van der Waals surface area contributed by atoms with Crippen LogP contribution in [0.15, 0.2) is 57.9 Å². The number of nitrogens with zero attached hydrogens (tertiary/aromatic N) is 7. The molecular weight excluding hydrogens is 466 g/mol. The number of hydrogen-bond acceptors (Lipinski definition) is 9. The molecule has 1 aromatic carbocycles. The van der Waals surface area contributed by atoms with Crippen molar-refractivity contribution in [1.29, 1.82) is 0 Å². The molecule has 0 bridgehead atoms. The Morgan fingerprint density at radius 2 is 1.89 bits per heavy atom. The second-order valence-corrected chi connectivity index (χ2v) is 11.6. The predicted molar refractivity (Wildman–Crippen MR) is 143 cm³/mol. The van der Waals surface area contributed by atoms with Crippen LogP contribution in [-0.2, 0) is 6.54 Å². The van der Waals surface area contributed by atoms with Gasteiger partial charge in [-0.2, -0.15) is 5.11 Å². The molecule has 0 radical (unpaired) electrons. The Bertz CT molecular complexity index is 1120. The van der Waals surface area contributed by atoms with E-state index in [1.54, 1.807) is 13.2 Å². The third-order valence-corrected chi connectivity index (χ3v) is 7.71. The van der Waals surface area contributed by atoms with Crippen LogP contribution in [0.4, 0.5) is 5.69 Å². The highest BCUT2D eigenvalue weighted by atomic mass is 16.5. The number of para-hydroxylation sites is 1. The number of rotatable bonds is 6. The van der Waals surface area contributed by atoms with Crippen LogP contribution in [0.3, 0.4) is 0 Å². The lowest BCUT2D eigenvalue weighted by atomic mass is 9.82. The number of ether oxygens (including phenoxy) is 1. The zero-order valence-corrected chi connectivity index (χ0v) is 22.4. The minimum absolute atomic E-state index is 0.0722.